The van der Waals surface area contributed by atoms with Gasteiger partial charge in [0.25, 0.3) is 5.91 Å². The molecule has 4 heteroatoms. The van der Waals surface area contributed by atoms with Crippen LogP contribution in [0.4, 0.5) is 0 Å². The van der Waals surface area contributed by atoms with Crippen LogP contribution in [0.1, 0.15) is 53.2 Å². The smallest absolute Gasteiger partial charge is 0.251 e. The van der Waals surface area contributed by atoms with Gasteiger partial charge in [-0.3, -0.25) is 9.69 Å². The number of aryl methyl sites for hydroxylation is 1. The summed E-state index contributed by atoms with van der Waals surface area (Å²) >= 11 is 0. The molecule has 4 nitrogen and oxygen atoms in total. The molecule has 1 N–H and O–H groups in total. The largest absolute Gasteiger partial charge is 0.379 e. The van der Waals surface area contributed by atoms with Crippen molar-refractivity contribution in [1.82, 2.24) is 10.2 Å². The van der Waals surface area contributed by atoms with Gasteiger partial charge in [-0.05, 0) is 47.6 Å². The molecule has 2 aromatic rings. The normalized spacial score (nSPS) is 15.0. The van der Waals surface area contributed by atoms with Gasteiger partial charge in [-0.1, -0.05) is 50.2 Å². The highest BCUT2D eigenvalue weighted by Crippen LogP contribution is 2.15. The van der Waals surface area contributed by atoms with Gasteiger partial charge in [0.05, 0.1) is 13.2 Å². The summed E-state index contributed by atoms with van der Waals surface area (Å²) in [7, 11) is 0. The minimum Gasteiger partial charge on any atom is -0.379 e. The molecule has 0 radical (unpaired) electrons. The Labute approximate surface area is 168 Å². The Bertz CT molecular complexity index is 749. The summed E-state index contributed by atoms with van der Waals surface area (Å²) in [6.45, 7) is 9.47. The summed E-state index contributed by atoms with van der Waals surface area (Å²) in [6.07, 6.45) is 1.93. The van der Waals surface area contributed by atoms with Crippen molar-refractivity contribution in [2.75, 3.05) is 32.8 Å². The first-order chi connectivity index (χ1) is 13.6. The predicted molar refractivity (Wildman–Crippen MR) is 114 cm³/mol. The van der Waals surface area contributed by atoms with Gasteiger partial charge in [-0.15, -0.1) is 0 Å². The second-order valence-electron chi connectivity index (χ2n) is 7.84. The van der Waals surface area contributed by atoms with Gasteiger partial charge in [0.15, 0.2) is 0 Å². The summed E-state index contributed by atoms with van der Waals surface area (Å²) < 4.78 is 5.40. The van der Waals surface area contributed by atoms with E-state index >= 15 is 0 Å². The second-order valence-corrected chi connectivity index (χ2v) is 7.84. The van der Waals surface area contributed by atoms with Gasteiger partial charge in [-0.2, -0.15) is 0 Å². The molecule has 0 aliphatic carbocycles. The van der Waals surface area contributed by atoms with Crippen LogP contribution in [0.5, 0.6) is 0 Å². The lowest BCUT2D eigenvalue weighted by Gasteiger charge is -2.26. The van der Waals surface area contributed by atoms with E-state index in [-0.39, 0.29) is 5.91 Å². The van der Waals surface area contributed by atoms with Crippen molar-refractivity contribution in [2.24, 2.45) is 0 Å². The highest BCUT2D eigenvalue weighted by atomic mass is 16.5. The van der Waals surface area contributed by atoms with Crippen LogP contribution in [0.2, 0.25) is 0 Å². The highest BCUT2D eigenvalue weighted by molar-refractivity contribution is 5.94. The van der Waals surface area contributed by atoms with Crippen LogP contribution in [0.15, 0.2) is 48.5 Å². The minimum atomic E-state index is 0.0129. The van der Waals surface area contributed by atoms with Crippen LogP contribution in [-0.2, 0) is 17.7 Å². The first kappa shape index (κ1) is 20.6. The first-order valence-corrected chi connectivity index (χ1v) is 10.4. The lowest BCUT2D eigenvalue weighted by atomic mass is 10.0. The van der Waals surface area contributed by atoms with E-state index in [0.717, 1.165) is 51.3 Å². The molecule has 1 amide bonds. The topological polar surface area (TPSA) is 41.6 Å². The number of amides is 1. The number of rotatable bonds is 8. The maximum Gasteiger partial charge on any atom is 0.251 e. The van der Waals surface area contributed by atoms with Crippen LogP contribution < -0.4 is 5.32 Å². The van der Waals surface area contributed by atoms with Crippen LogP contribution in [0.25, 0.3) is 0 Å². The number of hydrogen-bond donors (Lipinski definition) is 1. The van der Waals surface area contributed by atoms with E-state index in [4.69, 9.17) is 4.74 Å². The van der Waals surface area contributed by atoms with E-state index in [9.17, 15) is 4.79 Å². The first-order valence-electron chi connectivity index (χ1n) is 10.4. The fourth-order valence-electron chi connectivity index (χ4n) is 3.49. The molecular formula is C24H32N2O2. The van der Waals surface area contributed by atoms with E-state index in [1.807, 2.05) is 18.2 Å². The molecule has 1 aliphatic rings. The van der Waals surface area contributed by atoms with Crippen molar-refractivity contribution in [3.05, 3.63) is 70.8 Å². The van der Waals surface area contributed by atoms with E-state index in [0.29, 0.717) is 12.5 Å². The molecule has 1 aliphatic heterocycles. The van der Waals surface area contributed by atoms with Gasteiger partial charge in [0.2, 0.25) is 0 Å². The molecule has 0 atom stereocenters. The van der Waals surface area contributed by atoms with Crippen molar-refractivity contribution >= 4 is 5.91 Å². The van der Waals surface area contributed by atoms with Gasteiger partial charge in [-0.25, -0.2) is 0 Å². The maximum atomic E-state index is 12.5. The van der Waals surface area contributed by atoms with Crippen molar-refractivity contribution in [1.29, 1.82) is 0 Å². The van der Waals surface area contributed by atoms with Crippen molar-refractivity contribution < 1.29 is 9.53 Å². The number of hydrogen-bond acceptors (Lipinski definition) is 3. The number of carbonyl (C=O) groups is 1. The number of nitrogens with one attached hydrogen (secondary N) is 1. The third kappa shape index (κ3) is 6.18. The average Bonchev–Trinajstić information content (AvgIpc) is 2.72. The summed E-state index contributed by atoms with van der Waals surface area (Å²) in [5, 5.41) is 3.06. The molecular weight excluding hydrogens is 348 g/mol. The Morgan fingerprint density at radius 1 is 1.07 bits per heavy atom. The molecule has 28 heavy (non-hydrogen) atoms. The summed E-state index contributed by atoms with van der Waals surface area (Å²) in [5.74, 6) is 0.575. The number of carbonyl (C=O) groups excluding carboxylic acids is 1. The summed E-state index contributed by atoms with van der Waals surface area (Å²) in [4.78, 5) is 14.8. The number of ether oxygens (including phenoxy) is 1. The van der Waals surface area contributed by atoms with E-state index in [1.54, 1.807) is 0 Å². The molecule has 0 saturated carbocycles. The van der Waals surface area contributed by atoms with E-state index in [2.05, 4.69) is 54.4 Å². The van der Waals surface area contributed by atoms with Crippen LogP contribution in [0, 0.1) is 0 Å². The van der Waals surface area contributed by atoms with E-state index in [1.165, 1.54) is 16.7 Å². The quantitative estimate of drug-likeness (QED) is 0.704. The minimum absolute atomic E-state index is 0.0129. The molecule has 150 valence electrons. The molecule has 1 saturated heterocycles. The standard InChI is InChI=1S/C24H32N2O2/c1-19(2)22-10-8-20(9-11-22)6-4-12-25-24(27)23-7-3-5-21(17-23)18-26-13-15-28-16-14-26/h3,5,7-11,17,19H,4,6,12-16,18H2,1-2H3,(H,25,27). The summed E-state index contributed by atoms with van der Waals surface area (Å²) in [6, 6.07) is 16.8. The zero-order valence-electron chi connectivity index (χ0n) is 17.1. The number of nitrogens with zero attached hydrogens (tertiary/aromatic N) is 1. The Morgan fingerprint density at radius 2 is 1.82 bits per heavy atom. The molecule has 3 rings (SSSR count). The Kier molecular flexibility index (Phi) is 7.63. The maximum absolute atomic E-state index is 12.5. The average molecular weight is 381 g/mol. The van der Waals surface area contributed by atoms with Gasteiger partial charge in [0, 0.05) is 31.7 Å². The molecule has 0 unspecified atom stereocenters. The van der Waals surface area contributed by atoms with Crippen LogP contribution >= 0.6 is 0 Å². The number of morpholine rings is 1. The van der Waals surface area contributed by atoms with Crippen LogP contribution in [0.3, 0.4) is 0 Å². The highest BCUT2D eigenvalue weighted by Gasteiger charge is 2.12. The predicted octanol–water partition coefficient (Wildman–Crippen LogP) is 4.00. The second kappa shape index (κ2) is 10.4. The Hall–Kier alpha value is -2.17. The monoisotopic (exact) mass is 380 g/mol. The van der Waals surface area contributed by atoms with Crippen molar-refractivity contribution in [3.8, 4) is 0 Å². The third-order valence-corrected chi connectivity index (χ3v) is 5.27. The lowest BCUT2D eigenvalue weighted by molar-refractivity contribution is 0.0342. The van der Waals surface area contributed by atoms with Gasteiger partial charge >= 0.3 is 0 Å². The number of benzene rings is 2. The Balaban J connectivity index is 1.43. The van der Waals surface area contributed by atoms with Crippen molar-refractivity contribution in [3.63, 3.8) is 0 Å². The van der Waals surface area contributed by atoms with Crippen LogP contribution in [-0.4, -0.2) is 43.7 Å². The molecule has 0 aromatic heterocycles. The van der Waals surface area contributed by atoms with Crippen molar-refractivity contribution in [2.45, 2.75) is 39.2 Å². The molecule has 0 bridgehead atoms. The lowest BCUT2D eigenvalue weighted by Crippen LogP contribution is -2.35. The zero-order valence-corrected chi connectivity index (χ0v) is 17.1. The molecule has 1 heterocycles. The fourth-order valence-corrected chi connectivity index (χ4v) is 3.49. The fraction of sp³-hybridized carbons (Fsp3) is 0.458. The van der Waals surface area contributed by atoms with Gasteiger partial charge in [0.1, 0.15) is 0 Å². The molecule has 1 fully saturated rings. The summed E-state index contributed by atoms with van der Waals surface area (Å²) in [5.41, 5.74) is 4.62. The van der Waals surface area contributed by atoms with Gasteiger partial charge < -0.3 is 10.1 Å². The zero-order chi connectivity index (χ0) is 19.8. The third-order valence-electron chi connectivity index (χ3n) is 5.27. The SMILES string of the molecule is CC(C)c1ccc(CCCNC(=O)c2cccc(CN3CCOCC3)c2)cc1. The Morgan fingerprint density at radius 3 is 2.54 bits per heavy atom. The molecule has 2 aromatic carbocycles. The van der Waals surface area contributed by atoms with E-state index < -0.39 is 0 Å². The molecule has 0 spiro atoms.